The van der Waals surface area contributed by atoms with Gasteiger partial charge in [0.25, 0.3) is 5.56 Å². The Bertz CT molecular complexity index is 914. The molecular weight excluding hydrogens is 302 g/mol. The molecule has 0 amide bonds. The average molecular weight is 323 g/mol. The number of ether oxygens (including phenoxy) is 1. The molecule has 0 saturated heterocycles. The Kier molecular flexibility index (Phi) is 4.60. The third kappa shape index (κ3) is 3.15. The first-order chi connectivity index (χ1) is 11.6. The maximum atomic E-state index is 12.3. The van der Waals surface area contributed by atoms with Crippen molar-refractivity contribution in [2.45, 2.75) is 26.2 Å². The lowest BCUT2D eigenvalue weighted by atomic mass is 10.0. The number of methoxy groups -OCH3 is 1. The van der Waals surface area contributed by atoms with Crippen molar-refractivity contribution in [3.8, 4) is 5.88 Å². The molecule has 3 aromatic rings. The molecule has 124 valence electrons. The van der Waals surface area contributed by atoms with Gasteiger partial charge in [0.05, 0.1) is 13.3 Å². The Balaban J connectivity index is 1.98. The van der Waals surface area contributed by atoms with Crippen LogP contribution in [-0.4, -0.2) is 21.9 Å². The van der Waals surface area contributed by atoms with Gasteiger partial charge in [-0.25, -0.2) is 9.67 Å². The Morgan fingerprint density at radius 3 is 2.54 bits per heavy atom. The molecule has 3 rings (SSSR count). The second-order valence-electron chi connectivity index (χ2n) is 5.90. The normalized spacial score (nSPS) is 11.0. The number of aromatic nitrogens is 3. The predicted molar refractivity (Wildman–Crippen MR) is 94.6 cm³/mol. The maximum Gasteiger partial charge on any atom is 0.279 e. The highest BCUT2D eigenvalue weighted by Gasteiger charge is 2.12. The molecule has 0 aliphatic carbocycles. The van der Waals surface area contributed by atoms with Crippen LogP contribution in [0.15, 0.2) is 41.3 Å². The van der Waals surface area contributed by atoms with Gasteiger partial charge in [0.2, 0.25) is 5.88 Å². The van der Waals surface area contributed by atoms with Gasteiger partial charge in [0.15, 0.2) is 0 Å². The molecule has 5 heteroatoms. The Labute approximate surface area is 140 Å². The Morgan fingerprint density at radius 2 is 1.88 bits per heavy atom. The molecule has 0 radical (unpaired) electrons. The van der Waals surface area contributed by atoms with Crippen LogP contribution in [0.1, 0.15) is 30.2 Å². The summed E-state index contributed by atoms with van der Waals surface area (Å²) in [4.78, 5) is 16.8. The van der Waals surface area contributed by atoms with E-state index in [4.69, 9.17) is 4.74 Å². The number of benzene rings is 1. The van der Waals surface area contributed by atoms with Crippen molar-refractivity contribution in [2.75, 3.05) is 7.11 Å². The number of hydrogen-bond acceptors (Lipinski definition) is 4. The highest BCUT2D eigenvalue weighted by atomic mass is 16.5. The van der Waals surface area contributed by atoms with E-state index in [2.05, 4.69) is 41.3 Å². The monoisotopic (exact) mass is 323 g/mol. The van der Waals surface area contributed by atoms with Gasteiger partial charge in [0, 0.05) is 24.5 Å². The van der Waals surface area contributed by atoms with E-state index in [0.717, 1.165) is 23.9 Å². The fourth-order valence-electron chi connectivity index (χ4n) is 2.83. The van der Waals surface area contributed by atoms with Crippen LogP contribution in [0, 0.1) is 0 Å². The fraction of sp³-hybridized carbons (Fsp3) is 0.316. The zero-order chi connectivity index (χ0) is 17.1. The number of hydrogen-bond donors (Lipinski definition) is 0. The zero-order valence-electron chi connectivity index (χ0n) is 14.2. The van der Waals surface area contributed by atoms with Crippen LogP contribution >= 0.6 is 0 Å². The predicted octanol–water partition coefficient (Wildman–Crippen LogP) is 2.88. The second kappa shape index (κ2) is 6.83. The van der Waals surface area contributed by atoms with Gasteiger partial charge in [-0.05, 0) is 23.6 Å². The highest BCUT2D eigenvalue weighted by molar-refractivity contribution is 5.85. The number of aryl methyl sites for hydroxylation is 2. The Hall–Kier alpha value is -2.69. The van der Waals surface area contributed by atoms with Gasteiger partial charge >= 0.3 is 0 Å². The van der Waals surface area contributed by atoms with Crippen molar-refractivity contribution < 1.29 is 4.74 Å². The summed E-state index contributed by atoms with van der Waals surface area (Å²) in [6.45, 7) is 2.18. The molecule has 0 unspecified atom stereocenters. The molecule has 24 heavy (non-hydrogen) atoms. The molecule has 0 fully saturated rings. The number of fused-ring (bicyclic) bond motifs is 1. The van der Waals surface area contributed by atoms with Gasteiger partial charge in [-0.2, -0.15) is 5.10 Å². The summed E-state index contributed by atoms with van der Waals surface area (Å²) in [5.74, 6) is 0.355. The van der Waals surface area contributed by atoms with Crippen molar-refractivity contribution in [3.63, 3.8) is 0 Å². The van der Waals surface area contributed by atoms with E-state index in [0.29, 0.717) is 17.7 Å². The average Bonchev–Trinajstić information content (AvgIpc) is 2.59. The van der Waals surface area contributed by atoms with Gasteiger partial charge in [0.1, 0.15) is 5.39 Å². The van der Waals surface area contributed by atoms with Crippen LogP contribution in [0.2, 0.25) is 0 Å². The van der Waals surface area contributed by atoms with E-state index in [1.54, 1.807) is 13.2 Å². The molecule has 0 saturated carbocycles. The lowest BCUT2D eigenvalue weighted by Crippen LogP contribution is -2.20. The largest absolute Gasteiger partial charge is 0.480 e. The molecule has 0 aliphatic heterocycles. The molecule has 0 bridgehead atoms. The SMILES string of the molecule is CCCc1ccc(Cc2cc3cnn(C)c(=O)c3c(OC)n2)cc1. The van der Waals surface area contributed by atoms with Crippen molar-refractivity contribution in [1.29, 1.82) is 0 Å². The van der Waals surface area contributed by atoms with Crippen LogP contribution < -0.4 is 10.3 Å². The zero-order valence-corrected chi connectivity index (χ0v) is 14.2. The van der Waals surface area contributed by atoms with Crippen LogP contribution in [0.25, 0.3) is 10.8 Å². The molecule has 0 N–H and O–H groups in total. The highest BCUT2D eigenvalue weighted by Crippen LogP contribution is 2.22. The van der Waals surface area contributed by atoms with E-state index >= 15 is 0 Å². The topological polar surface area (TPSA) is 57.0 Å². The Morgan fingerprint density at radius 1 is 1.17 bits per heavy atom. The minimum Gasteiger partial charge on any atom is -0.480 e. The van der Waals surface area contributed by atoms with Crippen LogP contribution in [-0.2, 0) is 19.9 Å². The minimum atomic E-state index is -0.202. The molecule has 2 heterocycles. The van der Waals surface area contributed by atoms with E-state index in [9.17, 15) is 4.79 Å². The third-order valence-corrected chi connectivity index (χ3v) is 4.09. The lowest BCUT2D eigenvalue weighted by molar-refractivity contribution is 0.401. The molecule has 5 nitrogen and oxygen atoms in total. The second-order valence-corrected chi connectivity index (χ2v) is 5.90. The van der Waals surface area contributed by atoms with E-state index in [1.165, 1.54) is 22.9 Å². The van der Waals surface area contributed by atoms with Gasteiger partial charge in [-0.15, -0.1) is 0 Å². The summed E-state index contributed by atoms with van der Waals surface area (Å²) >= 11 is 0. The number of nitrogens with zero attached hydrogens (tertiary/aromatic N) is 3. The number of rotatable bonds is 5. The maximum absolute atomic E-state index is 12.3. The van der Waals surface area contributed by atoms with Gasteiger partial charge in [-0.3, -0.25) is 4.79 Å². The third-order valence-electron chi connectivity index (χ3n) is 4.09. The van der Waals surface area contributed by atoms with Crippen LogP contribution in [0.5, 0.6) is 5.88 Å². The summed E-state index contributed by atoms with van der Waals surface area (Å²) in [6, 6.07) is 10.5. The standard InChI is InChI=1S/C19H21N3O2/c1-4-5-13-6-8-14(9-7-13)10-16-11-15-12-20-22(2)19(23)17(15)18(21-16)24-3/h6-9,11-12H,4-5,10H2,1-3H3. The summed E-state index contributed by atoms with van der Waals surface area (Å²) in [5, 5.41) is 5.31. The van der Waals surface area contributed by atoms with Crippen molar-refractivity contribution in [2.24, 2.45) is 7.05 Å². The summed E-state index contributed by atoms with van der Waals surface area (Å²) in [7, 11) is 3.15. The van der Waals surface area contributed by atoms with Crippen LogP contribution in [0.3, 0.4) is 0 Å². The molecule has 1 aromatic carbocycles. The van der Waals surface area contributed by atoms with Crippen molar-refractivity contribution in [3.05, 3.63) is 63.7 Å². The minimum absolute atomic E-state index is 0.202. The first-order valence-electron chi connectivity index (χ1n) is 8.10. The summed E-state index contributed by atoms with van der Waals surface area (Å²) < 4.78 is 6.63. The van der Waals surface area contributed by atoms with Gasteiger partial charge in [-0.1, -0.05) is 37.6 Å². The number of pyridine rings is 1. The quantitative estimate of drug-likeness (QED) is 0.724. The molecule has 0 spiro atoms. The lowest BCUT2D eigenvalue weighted by Gasteiger charge is -2.09. The van der Waals surface area contributed by atoms with Crippen molar-refractivity contribution >= 4 is 10.8 Å². The smallest absolute Gasteiger partial charge is 0.279 e. The molecular formula is C19H21N3O2. The van der Waals surface area contributed by atoms with Gasteiger partial charge < -0.3 is 4.74 Å². The summed E-state index contributed by atoms with van der Waals surface area (Å²) in [5.41, 5.74) is 3.18. The van der Waals surface area contributed by atoms with Crippen molar-refractivity contribution in [1.82, 2.24) is 14.8 Å². The molecule has 2 aromatic heterocycles. The van der Waals surface area contributed by atoms with Crippen LogP contribution in [0.4, 0.5) is 0 Å². The van der Waals surface area contributed by atoms with E-state index in [-0.39, 0.29) is 5.56 Å². The first kappa shape index (κ1) is 16.2. The summed E-state index contributed by atoms with van der Waals surface area (Å²) in [6.07, 6.45) is 4.60. The fourth-order valence-corrected chi connectivity index (χ4v) is 2.83. The van der Waals surface area contributed by atoms with E-state index in [1.807, 2.05) is 6.07 Å². The van der Waals surface area contributed by atoms with E-state index < -0.39 is 0 Å². The first-order valence-corrected chi connectivity index (χ1v) is 8.10. The molecule has 0 atom stereocenters. The molecule has 0 aliphatic rings.